The Kier molecular flexibility index (Phi) is 5.23. The summed E-state index contributed by atoms with van der Waals surface area (Å²) < 4.78 is 17.8. The van der Waals surface area contributed by atoms with Gasteiger partial charge in [0.05, 0.1) is 24.1 Å². The van der Waals surface area contributed by atoms with Gasteiger partial charge in [-0.25, -0.2) is 9.18 Å². The van der Waals surface area contributed by atoms with E-state index >= 15 is 0 Å². The zero-order chi connectivity index (χ0) is 14.5. The molecular weight excluding hydrogens is 249 g/mol. The standard InChI is InChI=1S/C13H20FN3O2/c1-13(2,3)19-12(18)17(7-6-14)11-5-4-10(8-15)16-9-11/h4-5,9H,6-8,15H2,1-3H3. The summed E-state index contributed by atoms with van der Waals surface area (Å²) in [7, 11) is 0. The van der Waals surface area contributed by atoms with Crippen LogP contribution in [-0.4, -0.2) is 29.9 Å². The van der Waals surface area contributed by atoms with Crippen LogP contribution in [0.2, 0.25) is 0 Å². The van der Waals surface area contributed by atoms with Gasteiger partial charge in [0, 0.05) is 6.54 Å². The van der Waals surface area contributed by atoms with Crippen LogP contribution in [-0.2, 0) is 11.3 Å². The van der Waals surface area contributed by atoms with E-state index in [4.69, 9.17) is 10.5 Å². The lowest BCUT2D eigenvalue weighted by molar-refractivity contribution is 0.0578. The first-order valence-corrected chi connectivity index (χ1v) is 6.09. The third-order valence-corrected chi connectivity index (χ3v) is 2.25. The average Bonchev–Trinajstić information content (AvgIpc) is 2.34. The van der Waals surface area contributed by atoms with Crippen LogP contribution in [0.1, 0.15) is 26.5 Å². The van der Waals surface area contributed by atoms with Gasteiger partial charge in [0.2, 0.25) is 0 Å². The van der Waals surface area contributed by atoms with Crippen molar-refractivity contribution >= 4 is 11.8 Å². The Hall–Kier alpha value is -1.69. The van der Waals surface area contributed by atoms with Crippen molar-refractivity contribution in [2.75, 3.05) is 18.1 Å². The van der Waals surface area contributed by atoms with E-state index in [2.05, 4.69) is 4.98 Å². The minimum atomic E-state index is -0.655. The lowest BCUT2D eigenvalue weighted by Crippen LogP contribution is -2.38. The number of amides is 1. The van der Waals surface area contributed by atoms with Gasteiger partial charge in [-0.15, -0.1) is 0 Å². The number of rotatable bonds is 4. The van der Waals surface area contributed by atoms with Crippen LogP contribution in [0.4, 0.5) is 14.9 Å². The molecule has 19 heavy (non-hydrogen) atoms. The molecule has 0 saturated carbocycles. The Balaban J connectivity index is 2.89. The topological polar surface area (TPSA) is 68.5 Å². The Labute approximate surface area is 112 Å². The molecule has 0 unspecified atom stereocenters. The lowest BCUT2D eigenvalue weighted by atomic mass is 10.2. The van der Waals surface area contributed by atoms with Crippen molar-refractivity contribution in [1.82, 2.24) is 4.98 Å². The van der Waals surface area contributed by atoms with Crippen LogP contribution in [0, 0.1) is 0 Å². The molecule has 0 fully saturated rings. The molecule has 0 aliphatic heterocycles. The van der Waals surface area contributed by atoms with E-state index in [0.717, 1.165) is 0 Å². The lowest BCUT2D eigenvalue weighted by Gasteiger charge is -2.26. The van der Waals surface area contributed by atoms with Gasteiger partial charge in [0.25, 0.3) is 0 Å². The van der Waals surface area contributed by atoms with Crippen LogP contribution in [0.5, 0.6) is 0 Å². The zero-order valence-corrected chi connectivity index (χ0v) is 11.5. The Morgan fingerprint density at radius 3 is 2.58 bits per heavy atom. The van der Waals surface area contributed by atoms with Crippen LogP contribution < -0.4 is 10.6 Å². The fraction of sp³-hybridized carbons (Fsp3) is 0.538. The number of carbonyl (C=O) groups is 1. The maximum absolute atomic E-state index is 12.6. The summed E-state index contributed by atoms with van der Waals surface area (Å²) >= 11 is 0. The molecule has 0 aliphatic carbocycles. The summed E-state index contributed by atoms with van der Waals surface area (Å²) in [5.74, 6) is 0. The molecule has 0 aromatic carbocycles. The zero-order valence-electron chi connectivity index (χ0n) is 11.5. The molecule has 1 amide bonds. The summed E-state index contributed by atoms with van der Waals surface area (Å²) in [5, 5.41) is 0. The van der Waals surface area contributed by atoms with Gasteiger partial charge in [-0.3, -0.25) is 9.88 Å². The van der Waals surface area contributed by atoms with E-state index in [9.17, 15) is 9.18 Å². The molecule has 106 valence electrons. The number of ether oxygens (including phenoxy) is 1. The second-order valence-electron chi connectivity index (χ2n) is 5.03. The van der Waals surface area contributed by atoms with Gasteiger partial charge in [-0.2, -0.15) is 0 Å². The van der Waals surface area contributed by atoms with E-state index in [1.165, 1.54) is 11.1 Å². The van der Waals surface area contributed by atoms with Crippen molar-refractivity contribution in [3.63, 3.8) is 0 Å². The fourth-order valence-electron chi connectivity index (χ4n) is 1.42. The number of alkyl halides is 1. The summed E-state index contributed by atoms with van der Waals surface area (Å²) in [6.45, 7) is 4.86. The first kappa shape index (κ1) is 15.4. The third-order valence-electron chi connectivity index (χ3n) is 2.25. The molecule has 1 aromatic heterocycles. The molecule has 2 N–H and O–H groups in total. The Bertz CT molecular complexity index is 415. The molecule has 5 nitrogen and oxygen atoms in total. The Morgan fingerprint density at radius 2 is 2.16 bits per heavy atom. The molecule has 0 atom stereocenters. The average molecular weight is 269 g/mol. The number of anilines is 1. The number of hydrogen-bond donors (Lipinski definition) is 1. The van der Waals surface area contributed by atoms with Crippen LogP contribution in [0.3, 0.4) is 0 Å². The highest BCUT2D eigenvalue weighted by atomic mass is 19.1. The van der Waals surface area contributed by atoms with Crippen molar-refractivity contribution in [3.05, 3.63) is 24.0 Å². The maximum atomic E-state index is 12.6. The highest BCUT2D eigenvalue weighted by Gasteiger charge is 2.23. The molecule has 6 heteroatoms. The first-order chi connectivity index (χ1) is 8.87. The summed E-state index contributed by atoms with van der Waals surface area (Å²) in [6, 6.07) is 3.37. The van der Waals surface area contributed by atoms with Gasteiger partial charge < -0.3 is 10.5 Å². The van der Waals surface area contributed by atoms with E-state index in [1.54, 1.807) is 32.9 Å². The van der Waals surface area contributed by atoms with E-state index in [0.29, 0.717) is 17.9 Å². The molecule has 0 aliphatic rings. The van der Waals surface area contributed by atoms with Crippen molar-refractivity contribution in [1.29, 1.82) is 0 Å². The van der Waals surface area contributed by atoms with E-state index in [1.807, 2.05) is 0 Å². The number of halogens is 1. The van der Waals surface area contributed by atoms with Gasteiger partial charge >= 0.3 is 6.09 Å². The summed E-state index contributed by atoms with van der Waals surface area (Å²) in [5.41, 5.74) is 6.01. The third kappa shape index (κ3) is 4.82. The van der Waals surface area contributed by atoms with Crippen molar-refractivity contribution in [2.24, 2.45) is 5.73 Å². The van der Waals surface area contributed by atoms with Crippen molar-refractivity contribution < 1.29 is 13.9 Å². The van der Waals surface area contributed by atoms with Crippen LogP contribution in [0.25, 0.3) is 0 Å². The molecule has 0 spiro atoms. The second kappa shape index (κ2) is 6.47. The molecule has 0 bridgehead atoms. The Morgan fingerprint density at radius 1 is 1.47 bits per heavy atom. The fourth-order valence-corrected chi connectivity index (χ4v) is 1.42. The maximum Gasteiger partial charge on any atom is 0.414 e. The van der Waals surface area contributed by atoms with Gasteiger partial charge in [-0.1, -0.05) is 0 Å². The smallest absolute Gasteiger partial charge is 0.414 e. The predicted octanol–water partition coefficient (Wildman–Crippen LogP) is 2.25. The second-order valence-corrected chi connectivity index (χ2v) is 5.03. The first-order valence-electron chi connectivity index (χ1n) is 6.09. The van der Waals surface area contributed by atoms with Crippen molar-refractivity contribution in [3.8, 4) is 0 Å². The van der Waals surface area contributed by atoms with Gasteiger partial charge in [-0.05, 0) is 32.9 Å². The molecule has 1 rings (SSSR count). The SMILES string of the molecule is CC(C)(C)OC(=O)N(CCF)c1ccc(CN)nc1. The number of nitrogens with two attached hydrogens (primary N) is 1. The number of aromatic nitrogens is 1. The minimum absolute atomic E-state index is 0.0709. The number of hydrogen-bond acceptors (Lipinski definition) is 4. The largest absolute Gasteiger partial charge is 0.443 e. The normalized spacial score (nSPS) is 11.2. The van der Waals surface area contributed by atoms with Gasteiger partial charge in [0.15, 0.2) is 0 Å². The quantitative estimate of drug-likeness (QED) is 0.910. The van der Waals surface area contributed by atoms with E-state index < -0.39 is 18.4 Å². The summed E-state index contributed by atoms with van der Waals surface area (Å²) in [6.07, 6.45) is 0.898. The number of nitrogens with zero attached hydrogens (tertiary/aromatic N) is 2. The summed E-state index contributed by atoms with van der Waals surface area (Å²) in [4.78, 5) is 17.3. The highest BCUT2D eigenvalue weighted by molar-refractivity contribution is 5.87. The predicted molar refractivity (Wildman–Crippen MR) is 71.7 cm³/mol. The van der Waals surface area contributed by atoms with Crippen LogP contribution in [0.15, 0.2) is 18.3 Å². The number of pyridine rings is 1. The van der Waals surface area contributed by atoms with Crippen molar-refractivity contribution in [2.45, 2.75) is 32.9 Å². The molecular formula is C13H20FN3O2. The highest BCUT2D eigenvalue weighted by Crippen LogP contribution is 2.17. The molecule has 0 saturated heterocycles. The van der Waals surface area contributed by atoms with E-state index in [-0.39, 0.29) is 6.54 Å². The monoisotopic (exact) mass is 269 g/mol. The molecule has 1 aromatic rings. The molecule has 1 heterocycles. The minimum Gasteiger partial charge on any atom is -0.443 e. The number of carbonyl (C=O) groups excluding carboxylic acids is 1. The molecule has 0 radical (unpaired) electrons. The van der Waals surface area contributed by atoms with Gasteiger partial charge in [0.1, 0.15) is 12.3 Å². The van der Waals surface area contributed by atoms with Crippen LogP contribution >= 0.6 is 0 Å².